The Labute approximate surface area is 164 Å². The monoisotopic (exact) mass is 398 g/mol. The fraction of sp³-hybridized carbons (Fsp3) is 0.444. The number of carbonyl (C=O) groups is 1. The van der Waals surface area contributed by atoms with Crippen LogP contribution in [-0.2, 0) is 0 Å². The normalized spacial score (nSPS) is 16.6. The average molecular weight is 399 g/mol. The maximum atomic E-state index is 12.4. The SMILES string of the molecule is CCCOc1ccc(NC(=O)c2ccn(C3CCCNC3)n2)cc1Cl.Cl. The summed E-state index contributed by atoms with van der Waals surface area (Å²) in [4.78, 5) is 12.4. The lowest BCUT2D eigenvalue weighted by atomic mass is 10.1. The Bertz CT molecular complexity index is 730. The van der Waals surface area contributed by atoms with E-state index in [1.165, 1.54) is 0 Å². The van der Waals surface area contributed by atoms with Crippen molar-refractivity contribution in [2.24, 2.45) is 0 Å². The number of nitrogens with zero attached hydrogens (tertiary/aromatic N) is 2. The van der Waals surface area contributed by atoms with Crippen LogP contribution in [0.3, 0.4) is 0 Å². The van der Waals surface area contributed by atoms with Gasteiger partial charge in [-0.3, -0.25) is 9.48 Å². The molecule has 2 N–H and O–H groups in total. The third-order valence-electron chi connectivity index (χ3n) is 4.14. The molecule has 1 aliphatic heterocycles. The van der Waals surface area contributed by atoms with Gasteiger partial charge in [0, 0.05) is 18.4 Å². The maximum Gasteiger partial charge on any atom is 0.276 e. The van der Waals surface area contributed by atoms with Gasteiger partial charge in [0.2, 0.25) is 0 Å². The van der Waals surface area contributed by atoms with Crippen LogP contribution in [0.2, 0.25) is 5.02 Å². The van der Waals surface area contributed by atoms with Crippen LogP contribution >= 0.6 is 24.0 Å². The summed E-state index contributed by atoms with van der Waals surface area (Å²) in [6, 6.07) is 7.27. The zero-order valence-corrected chi connectivity index (χ0v) is 16.3. The molecule has 1 unspecified atom stereocenters. The molecule has 0 aliphatic carbocycles. The number of carbonyl (C=O) groups excluding carboxylic acids is 1. The Morgan fingerprint density at radius 1 is 1.46 bits per heavy atom. The Kier molecular flexibility index (Phi) is 7.75. The molecule has 1 atom stereocenters. The summed E-state index contributed by atoms with van der Waals surface area (Å²) in [5.74, 6) is 0.372. The number of nitrogens with one attached hydrogen (secondary N) is 2. The number of anilines is 1. The fourth-order valence-electron chi connectivity index (χ4n) is 2.82. The number of ether oxygens (including phenoxy) is 1. The van der Waals surface area contributed by atoms with E-state index in [2.05, 4.69) is 15.7 Å². The first-order valence-corrected chi connectivity index (χ1v) is 9.04. The molecule has 0 spiro atoms. The predicted octanol–water partition coefficient (Wildman–Crippen LogP) is 3.92. The highest BCUT2D eigenvalue weighted by Gasteiger charge is 2.18. The molecule has 3 rings (SSSR count). The van der Waals surface area contributed by atoms with Crippen molar-refractivity contribution >= 4 is 35.6 Å². The minimum atomic E-state index is -0.249. The van der Waals surface area contributed by atoms with E-state index in [0.717, 1.165) is 32.4 Å². The van der Waals surface area contributed by atoms with E-state index in [1.807, 2.05) is 17.8 Å². The van der Waals surface area contributed by atoms with Crippen LogP contribution in [0, 0.1) is 0 Å². The van der Waals surface area contributed by atoms with Gasteiger partial charge in [-0.15, -0.1) is 12.4 Å². The minimum Gasteiger partial charge on any atom is -0.492 e. The third-order valence-corrected chi connectivity index (χ3v) is 4.43. The van der Waals surface area contributed by atoms with E-state index in [4.69, 9.17) is 16.3 Å². The summed E-state index contributed by atoms with van der Waals surface area (Å²) in [6.45, 7) is 4.57. The van der Waals surface area contributed by atoms with E-state index in [1.54, 1.807) is 24.3 Å². The molecular weight excluding hydrogens is 375 g/mol. The van der Waals surface area contributed by atoms with Gasteiger partial charge in [0.1, 0.15) is 5.75 Å². The van der Waals surface area contributed by atoms with Crippen LogP contribution in [0.15, 0.2) is 30.5 Å². The van der Waals surface area contributed by atoms with Gasteiger partial charge in [0.05, 0.1) is 17.7 Å². The standard InChI is InChI=1S/C18H23ClN4O2.ClH/c1-2-10-25-17-6-5-13(11-15(17)19)21-18(24)16-7-9-23(22-16)14-4-3-8-20-12-14;/h5-7,9,11,14,20H,2-4,8,10,12H2,1H3,(H,21,24);1H. The number of amides is 1. The summed E-state index contributed by atoms with van der Waals surface area (Å²) >= 11 is 6.20. The number of halogens is 2. The van der Waals surface area contributed by atoms with Crippen LogP contribution in [0.4, 0.5) is 5.69 Å². The molecule has 1 amide bonds. The topological polar surface area (TPSA) is 68.2 Å². The summed E-state index contributed by atoms with van der Waals surface area (Å²) < 4.78 is 7.41. The number of hydrogen-bond acceptors (Lipinski definition) is 4. The number of benzene rings is 1. The summed E-state index contributed by atoms with van der Waals surface area (Å²) in [6.07, 6.45) is 4.97. The molecule has 1 aliphatic rings. The molecule has 1 aromatic carbocycles. The van der Waals surface area contributed by atoms with E-state index >= 15 is 0 Å². The predicted molar refractivity (Wildman–Crippen MR) is 106 cm³/mol. The van der Waals surface area contributed by atoms with Gasteiger partial charge >= 0.3 is 0 Å². The molecule has 1 aromatic heterocycles. The first kappa shape index (κ1) is 20.6. The second-order valence-electron chi connectivity index (χ2n) is 6.13. The van der Waals surface area contributed by atoms with Gasteiger partial charge in [0.25, 0.3) is 5.91 Å². The second kappa shape index (κ2) is 9.80. The number of rotatable bonds is 6. The molecule has 6 nitrogen and oxygen atoms in total. The highest BCUT2D eigenvalue weighted by molar-refractivity contribution is 6.32. The van der Waals surface area contributed by atoms with E-state index in [9.17, 15) is 4.79 Å². The van der Waals surface area contributed by atoms with Gasteiger partial charge in [-0.2, -0.15) is 5.10 Å². The largest absolute Gasteiger partial charge is 0.492 e. The van der Waals surface area contributed by atoms with Crippen molar-refractivity contribution in [1.29, 1.82) is 0 Å². The lowest BCUT2D eigenvalue weighted by Gasteiger charge is -2.22. The van der Waals surface area contributed by atoms with Crippen LogP contribution < -0.4 is 15.4 Å². The number of piperidine rings is 1. The quantitative estimate of drug-likeness (QED) is 0.773. The zero-order valence-electron chi connectivity index (χ0n) is 14.7. The van der Waals surface area contributed by atoms with E-state index in [0.29, 0.717) is 34.8 Å². The van der Waals surface area contributed by atoms with Gasteiger partial charge < -0.3 is 15.4 Å². The van der Waals surface area contributed by atoms with Crippen LogP contribution in [0.5, 0.6) is 5.75 Å². The molecule has 1 fully saturated rings. The van der Waals surface area contributed by atoms with Gasteiger partial charge in [0.15, 0.2) is 5.69 Å². The van der Waals surface area contributed by atoms with Crippen LogP contribution in [0.1, 0.15) is 42.7 Å². The molecule has 1 saturated heterocycles. The molecule has 0 bridgehead atoms. The highest BCUT2D eigenvalue weighted by atomic mass is 35.5. The molecule has 2 aromatic rings. The minimum absolute atomic E-state index is 0. The molecule has 0 radical (unpaired) electrons. The molecule has 0 saturated carbocycles. The van der Waals surface area contributed by atoms with Crippen molar-refractivity contribution in [2.75, 3.05) is 25.0 Å². The summed E-state index contributed by atoms with van der Waals surface area (Å²) in [5.41, 5.74) is 1.01. The lowest BCUT2D eigenvalue weighted by molar-refractivity contribution is 0.102. The van der Waals surface area contributed by atoms with Crippen molar-refractivity contribution in [1.82, 2.24) is 15.1 Å². The van der Waals surface area contributed by atoms with Gasteiger partial charge in [-0.05, 0) is 50.1 Å². The smallest absolute Gasteiger partial charge is 0.276 e. The van der Waals surface area contributed by atoms with Crippen LogP contribution in [0.25, 0.3) is 0 Å². The Balaban J connectivity index is 0.00000243. The van der Waals surface area contributed by atoms with E-state index < -0.39 is 0 Å². The third kappa shape index (κ3) is 5.13. The number of hydrogen-bond donors (Lipinski definition) is 2. The molecule has 142 valence electrons. The first-order valence-electron chi connectivity index (χ1n) is 8.67. The van der Waals surface area contributed by atoms with Crippen LogP contribution in [-0.4, -0.2) is 35.4 Å². The van der Waals surface area contributed by atoms with Crippen molar-refractivity contribution in [3.63, 3.8) is 0 Å². The van der Waals surface area contributed by atoms with Crippen molar-refractivity contribution in [2.45, 2.75) is 32.2 Å². The lowest BCUT2D eigenvalue weighted by Crippen LogP contribution is -2.32. The Morgan fingerprint density at radius 2 is 2.31 bits per heavy atom. The molecule has 26 heavy (non-hydrogen) atoms. The summed E-state index contributed by atoms with van der Waals surface area (Å²) in [7, 11) is 0. The van der Waals surface area contributed by atoms with Crippen molar-refractivity contribution in [3.05, 3.63) is 41.2 Å². The maximum absolute atomic E-state index is 12.4. The number of aromatic nitrogens is 2. The second-order valence-corrected chi connectivity index (χ2v) is 6.54. The fourth-order valence-corrected chi connectivity index (χ4v) is 3.06. The van der Waals surface area contributed by atoms with Crippen molar-refractivity contribution < 1.29 is 9.53 Å². The van der Waals surface area contributed by atoms with Gasteiger partial charge in [-0.1, -0.05) is 18.5 Å². The Hall–Kier alpha value is -1.76. The molecule has 2 heterocycles. The highest BCUT2D eigenvalue weighted by Crippen LogP contribution is 2.28. The van der Waals surface area contributed by atoms with E-state index in [-0.39, 0.29) is 18.3 Å². The molecule has 8 heteroatoms. The average Bonchev–Trinajstić information content (AvgIpc) is 3.12. The first-order chi connectivity index (χ1) is 12.2. The Morgan fingerprint density at radius 3 is 3.00 bits per heavy atom. The zero-order chi connectivity index (χ0) is 17.6. The van der Waals surface area contributed by atoms with Crippen molar-refractivity contribution in [3.8, 4) is 5.75 Å². The van der Waals surface area contributed by atoms with Gasteiger partial charge in [-0.25, -0.2) is 0 Å². The molecular formula is C18H24Cl2N4O2. The summed E-state index contributed by atoms with van der Waals surface area (Å²) in [5, 5.41) is 11.1.